The lowest BCUT2D eigenvalue weighted by Gasteiger charge is -2.54. The number of aliphatic hydroxyl groups is 2. The number of carboxylic acids is 1. The van der Waals surface area contributed by atoms with E-state index in [1.807, 2.05) is 4.72 Å². The first-order valence-corrected chi connectivity index (χ1v) is 7.39. The van der Waals surface area contributed by atoms with Crippen LogP contribution >= 0.6 is 0 Å². The molecule has 0 saturated carbocycles. The highest BCUT2D eigenvalue weighted by atomic mass is 32.2. The summed E-state index contributed by atoms with van der Waals surface area (Å²) < 4.78 is 23.8. The van der Waals surface area contributed by atoms with Crippen LogP contribution in [-0.2, 0) is 19.6 Å². The van der Waals surface area contributed by atoms with Crippen LogP contribution in [0.4, 0.5) is 0 Å². The molecule has 0 radical (unpaired) electrons. The van der Waals surface area contributed by atoms with Gasteiger partial charge in [-0.05, 0) is 0 Å². The zero-order valence-electron chi connectivity index (χ0n) is 10.4. The molecular formula is C9H17N2O7S+. The van der Waals surface area contributed by atoms with Gasteiger partial charge in [0, 0.05) is 0 Å². The van der Waals surface area contributed by atoms with Gasteiger partial charge in [0.15, 0.2) is 0 Å². The van der Waals surface area contributed by atoms with Gasteiger partial charge >= 0.3 is 11.9 Å². The van der Waals surface area contributed by atoms with Crippen molar-refractivity contribution in [3.63, 3.8) is 0 Å². The minimum atomic E-state index is -3.88. The topological polar surface area (TPSA) is 141 Å². The van der Waals surface area contributed by atoms with Gasteiger partial charge in [-0.25, -0.2) is 22.5 Å². The summed E-state index contributed by atoms with van der Waals surface area (Å²) in [5.41, 5.74) is -2.06. The molecule has 1 unspecified atom stereocenters. The molecule has 19 heavy (non-hydrogen) atoms. The lowest BCUT2D eigenvalue weighted by atomic mass is 9.88. The molecule has 1 rings (SSSR count). The summed E-state index contributed by atoms with van der Waals surface area (Å²) in [6.45, 7) is -1.58. The highest BCUT2D eigenvalue weighted by Gasteiger charge is 2.73. The Bertz CT molecular complexity index is 483. The molecule has 0 bridgehead atoms. The van der Waals surface area contributed by atoms with E-state index in [4.69, 9.17) is 10.2 Å². The molecule has 0 aliphatic carbocycles. The third kappa shape index (κ3) is 2.49. The van der Waals surface area contributed by atoms with Gasteiger partial charge in [0.25, 0.3) is 5.66 Å². The number of carboxylic acid groups (broad SMARTS) is 1. The van der Waals surface area contributed by atoms with Crippen molar-refractivity contribution >= 4 is 21.9 Å². The Labute approximate surface area is 110 Å². The van der Waals surface area contributed by atoms with Crippen LogP contribution in [0.1, 0.15) is 6.42 Å². The molecule has 1 aliphatic rings. The predicted octanol–water partition coefficient (Wildman–Crippen LogP) is -2.95. The zero-order valence-corrected chi connectivity index (χ0v) is 11.2. The third-order valence-electron chi connectivity index (χ3n) is 3.29. The van der Waals surface area contributed by atoms with Crippen molar-refractivity contribution in [1.82, 2.24) is 4.72 Å². The summed E-state index contributed by atoms with van der Waals surface area (Å²) in [6, 6.07) is 0. The van der Waals surface area contributed by atoms with Gasteiger partial charge in [0.1, 0.15) is 19.5 Å². The Morgan fingerprint density at radius 3 is 2.11 bits per heavy atom. The summed E-state index contributed by atoms with van der Waals surface area (Å²) in [6.07, 6.45) is 0.266. The van der Waals surface area contributed by atoms with Crippen LogP contribution < -0.4 is 4.72 Å². The molecule has 1 heterocycles. The molecule has 0 spiro atoms. The minimum absolute atomic E-state index is 0.284. The van der Waals surface area contributed by atoms with E-state index in [2.05, 4.69) is 0 Å². The largest absolute Gasteiger partial charge is 0.475 e. The first kappa shape index (κ1) is 16.0. The Hall–Kier alpha value is -1.07. The van der Waals surface area contributed by atoms with Gasteiger partial charge in [-0.3, -0.25) is 0 Å². The second kappa shape index (κ2) is 5.13. The number of aliphatic hydroxyl groups excluding tert-OH is 2. The summed E-state index contributed by atoms with van der Waals surface area (Å²) in [7, 11) is -3.88. The Morgan fingerprint density at radius 2 is 1.84 bits per heavy atom. The minimum Gasteiger partial charge on any atom is -0.475 e. The molecule has 0 aromatic rings. The van der Waals surface area contributed by atoms with Crippen LogP contribution in [0.3, 0.4) is 0 Å². The summed E-state index contributed by atoms with van der Waals surface area (Å²) in [5, 5.41) is 27.3. The van der Waals surface area contributed by atoms with E-state index < -0.39 is 51.7 Å². The average Bonchev–Trinajstić information content (AvgIpc) is 2.25. The molecule has 1 atom stereocenters. The second-order valence-electron chi connectivity index (χ2n) is 4.47. The number of carbonyl (C=O) groups is 2. The van der Waals surface area contributed by atoms with Crippen molar-refractivity contribution < 1.29 is 37.8 Å². The fourth-order valence-electron chi connectivity index (χ4n) is 2.46. The Balaban J connectivity index is 3.30. The third-order valence-corrected chi connectivity index (χ3v) is 4.00. The van der Waals surface area contributed by atoms with Gasteiger partial charge in [0.05, 0.1) is 19.5 Å². The van der Waals surface area contributed by atoms with E-state index in [1.54, 1.807) is 0 Å². The summed E-state index contributed by atoms with van der Waals surface area (Å²) >= 11 is 0. The monoisotopic (exact) mass is 297 g/mol. The fraction of sp³-hybridized carbons (Fsp3) is 0.778. The van der Waals surface area contributed by atoms with E-state index in [9.17, 15) is 23.1 Å². The number of hydrogen-bond acceptors (Lipinski definition) is 6. The molecule has 4 N–H and O–H groups in total. The molecule has 10 heteroatoms. The van der Waals surface area contributed by atoms with Crippen LogP contribution in [-0.4, -0.2) is 78.3 Å². The van der Waals surface area contributed by atoms with Crippen molar-refractivity contribution in [3.8, 4) is 0 Å². The van der Waals surface area contributed by atoms with Crippen molar-refractivity contribution in [2.75, 3.05) is 32.6 Å². The normalized spacial score (nSPS) is 25.9. The van der Waals surface area contributed by atoms with Crippen LogP contribution in [0.2, 0.25) is 0 Å². The number of quaternary nitrogens is 1. The number of carbonyl (C=O) groups excluding carboxylic acids is 1. The first-order chi connectivity index (χ1) is 8.65. The first-order valence-electron chi connectivity index (χ1n) is 5.50. The van der Waals surface area contributed by atoms with Crippen molar-refractivity contribution in [2.45, 2.75) is 12.1 Å². The smallest absolute Gasteiger partial charge is 0.384 e. The van der Waals surface area contributed by atoms with Crippen molar-refractivity contribution in [3.05, 3.63) is 0 Å². The molecular weight excluding hydrogens is 280 g/mol. The van der Waals surface area contributed by atoms with Crippen molar-refractivity contribution in [1.29, 1.82) is 0 Å². The second-order valence-corrected chi connectivity index (χ2v) is 6.22. The molecule has 1 amide bonds. The fourth-order valence-corrected chi connectivity index (χ4v) is 3.41. The molecule has 1 aliphatic heterocycles. The summed E-state index contributed by atoms with van der Waals surface area (Å²) in [4.78, 5) is 23.2. The van der Waals surface area contributed by atoms with Gasteiger partial charge in [0.2, 0.25) is 10.0 Å². The van der Waals surface area contributed by atoms with E-state index >= 15 is 0 Å². The lowest BCUT2D eigenvalue weighted by Crippen LogP contribution is -2.86. The van der Waals surface area contributed by atoms with Crippen LogP contribution in [0.15, 0.2) is 0 Å². The van der Waals surface area contributed by atoms with Crippen LogP contribution in [0, 0.1) is 0 Å². The van der Waals surface area contributed by atoms with Gasteiger partial charge in [-0.2, -0.15) is 0 Å². The van der Waals surface area contributed by atoms with E-state index in [1.165, 1.54) is 0 Å². The van der Waals surface area contributed by atoms with Crippen LogP contribution in [0.5, 0.6) is 0 Å². The zero-order chi connectivity index (χ0) is 14.9. The number of nitrogens with zero attached hydrogens (tertiary/aromatic N) is 1. The number of rotatable bonds is 7. The maximum Gasteiger partial charge on any atom is 0.384 e. The van der Waals surface area contributed by atoms with Gasteiger partial charge < -0.3 is 15.3 Å². The number of aliphatic carboxylic acids is 1. The lowest BCUT2D eigenvalue weighted by molar-refractivity contribution is -0.928. The molecule has 0 aromatic heterocycles. The predicted molar refractivity (Wildman–Crippen MR) is 62.1 cm³/mol. The van der Waals surface area contributed by atoms with Crippen molar-refractivity contribution in [2.24, 2.45) is 0 Å². The molecule has 110 valence electrons. The number of hydrogen-bond donors (Lipinski definition) is 4. The number of amides is 1. The van der Waals surface area contributed by atoms with Gasteiger partial charge in [-0.15, -0.1) is 4.72 Å². The molecule has 1 fully saturated rings. The Morgan fingerprint density at radius 1 is 1.37 bits per heavy atom. The SMILES string of the molecule is CS(=O)(=O)NC1(C(=O)O)CC(=O)[N+]1(CCO)CCO. The highest BCUT2D eigenvalue weighted by molar-refractivity contribution is 7.88. The van der Waals surface area contributed by atoms with Gasteiger partial charge in [-0.1, -0.05) is 0 Å². The van der Waals surface area contributed by atoms with E-state index in [0.717, 1.165) is 6.26 Å². The number of sulfonamides is 1. The molecule has 9 nitrogen and oxygen atoms in total. The maximum absolute atomic E-state index is 11.8. The number of β-lactam (4-membered cyclic amide) rings is 1. The van der Waals surface area contributed by atoms with E-state index in [-0.39, 0.29) is 13.1 Å². The molecule has 1 saturated heterocycles. The highest BCUT2D eigenvalue weighted by Crippen LogP contribution is 2.39. The standard InChI is InChI=1S/C9H16N2O7S/c1-19(17,18)10-9(8(15)16)6-7(14)11(9,2-4-12)3-5-13/h10,12-13H,2-6H2,1H3/p+1. The quantitative estimate of drug-likeness (QED) is 0.291. The Kier molecular flexibility index (Phi) is 4.32. The van der Waals surface area contributed by atoms with Crippen LogP contribution in [0.25, 0.3) is 0 Å². The number of likely N-dealkylation sites (tertiary alicyclic amines) is 1. The number of nitrogens with one attached hydrogen (secondary N) is 1. The average molecular weight is 297 g/mol. The summed E-state index contributed by atoms with van der Waals surface area (Å²) in [5.74, 6) is -2.05. The molecule has 0 aromatic carbocycles. The maximum atomic E-state index is 11.8. The van der Waals surface area contributed by atoms with E-state index in [0.29, 0.717) is 0 Å².